The van der Waals surface area contributed by atoms with Crippen LogP contribution < -0.4 is 0 Å². The van der Waals surface area contributed by atoms with Crippen LogP contribution in [-0.2, 0) is 20.9 Å². The number of carbonyl (C=O) groups is 2. The highest BCUT2D eigenvalue weighted by atomic mass is 16.5. The molecule has 0 bridgehead atoms. The molecule has 2 unspecified atom stereocenters. The van der Waals surface area contributed by atoms with Crippen molar-refractivity contribution in [3.8, 4) is 0 Å². The van der Waals surface area contributed by atoms with Crippen LogP contribution in [0.2, 0.25) is 0 Å². The number of carboxylic acid groups (broad SMARTS) is 1. The van der Waals surface area contributed by atoms with Gasteiger partial charge in [-0.2, -0.15) is 0 Å². The van der Waals surface area contributed by atoms with Crippen molar-refractivity contribution in [3.63, 3.8) is 0 Å². The third-order valence-electron chi connectivity index (χ3n) is 3.67. The maximum atomic E-state index is 12.5. The van der Waals surface area contributed by atoms with Crippen LogP contribution in [0.1, 0.15) is 15.9 Å². The van der Waals surface area contributed by atoms with E-state index >= 15 is 0 Å². The van der Waals surface area contributed by atoms with Crippen molar-refractivity contribution >= 4 is 11.9 Å². The van der Waals surface area contributed by atoms with Gasteiger partial charge >= 0.3 is 5.97 Å². The van der Waals surface area contributed by atoms with Crippen LogP contribution in [-0.4, -0.2) is 55.3 Å². The van der Waals surface area contributed by atoms with Gasteiger partial charge in [-0.25, -0.2) is 0 Å². The van der Waals surface area contributed by atoms with E-state index in [4.69, 9.17) is 14.6 Å². The highest BCUT2D eigenvalue weighted by Gasteiger charge is 2.38. The SMILES string of the molecule is COCc1cccc(C(=O)N(C)C2COCC2C(=O)O)c1. The quantitative estimate of drug-likeness (QED) is 0.876. The minimum atomic E-state index is -0.940. The van der Waals surface area contributed by atoms with E-state index in [0.717, 1.165) is 5.56 Å². The molecule has 0 spiro atoms. The number of aliphatic carboxylic acids is 1. The summed E-state index contributed by atoms with van der Waals surface area (Å²) >= 11 is 0. The van der Waals surface area contributed by atoms with Crippen molar-refractivity contribution in [2.75, 3.05) is 27.4 Å². The van der Waals surface area contributed by atoms with Crippen molar-refractivity contribution in [3.05, 3.63) is 35.4 Å². The zero-order valence-corrected chi connectivity index (χ0v) is 12.1. The fourth-order valence-corrected chi connectivity index (χ4v) is 2.48. The third kappa shape index (κ3) is 3.40. The van der Waals surface area contributed by atoms with E-state index < -0.39 is 17.9 Å². The topological polar surface area (TPSA) is 76.1 Å². The Labute approximate surface area is 123 Å². The molecule has 6 nitrogen and oxygen atoms in total. The second kappa shape index (κ2) is 6.69. The molecule has 0 aromatic heterocycles. The van der Waals surface area contributed by atoms with Gasteiger partial charge in [-0.3, -0.25) is 9.59 Å². The summed E-state index contributed by atoms with van der Waals surface area (Å²) in [5.74, 6) is -1.83. The van der Waals surface area contributed by atoms with Gasteiger partial charge in [-0.15, -0.1) is 0 Å². The van der Waals surface area contributed by atoms with Crippen LogP contribution in [0.4, 0.5) is 0 Å². The summed E-state index contributed by atoms with van der Waals surface area (Å²) in [6.45, 7) is 0.813. The maximum absolute atomic E-state index is 12.5. The Morgan fingerprint density at radius 1 is 1.43 bits per heavy atom. The van der Waals surface area contributed by atoms with E-state index in [1.54, 1.807) is 32.4 Å². The summed E-state index contributed by atoms with van der Waals surface area (Å²) in [5, 5.41) is 9.16. The molecule has 6 heteroatoms. The number of hydrogen-bond acceptors (Lipinski definition) is 4. The molecular formula is C15H19NO5. The normalized spacial score (nSPS) is 21.2. The van der Waals surface area contributed by atoms with Crippen LogP contribution >= 0.6 is 0 Å². The van der Waals surface area contributed by atoms with Gasteiger partial charge in [0.25, 0.3) is 5.91 Å². The first kappa shape index (κ1) is 15.5. The number of nitrogens with zero attached hydrogens (tertiary/aromatic N) is 1. The average Bonchev–Trinajstić information content (AvgIpc) is 2.96. The molecule has 2 rings (SSSR count). The number of rotatable bonds is 5. The Balaban J connectivity index is 2.15. The lowest BCUT2D eigenvalue weighted by Gasteiger charge is -2.26. The van der Waals surface area contributed by atoms with E-state index in [-0.39, 0.29) is 19.1 Å². The fourth-order valence-electron chi connectivity index (χ4n) is 2.48. The van der Waals surface area contributed by atoms with Gasteiger partial charge in [0.15, 0.2) is 0 Å². The zero-order chi connectivity index (χ0) is 15.4. The van der Waals surface area contributed by atoms with Crippen LogP contribution in [0.5, 0.6) is 0 Å². The Morgan fingerprint density at radius 3 is 2.86 bits per heavy atom. The van der Waals surface area contributed by atoms with Crippen molar-refractivity contribution in [1.29, 1.82) is 0 Å². The molecule has 0 aliphatic carbocycles. The van der Waals surface area contributed by atoms with E-state index in [1.165, 1.54) is 4.90 Å². The number of methoxy groups -OCH3 is 1. The molecule has 1 heterocycles. The molecule has 1 aromatic rings. The average molecular weight is 293 g/mol. The monoisotopic (exact) mass is 293 g/mol. The Hall–Kier alpha value is -1.92. The third-order valence-corrected chi connectivity index (χ3v) is 3.67. The molecule has 0 saturated carbocycles. The van der Waals surface area contributed by atoms with Gasteiger partial charge in [-0.1, -0.05) is 12.1 Å². The molecule has 1 saturated heterocycles. The van der Waals surface area contributed by atoms with Crippen LogP contribution in [0, 0.1) is 5.92 Å². The number of benzene rings is 1. The first-order valence-electron chi connectivity index (χ1n) is 6.70. The van der Waals surface area contributed by atoms with Crippen LogP contribution in [0.25, 0.3) is 0 Å². The first-order valence-corrected chi connectivity index (χ1v) is 6.70. The second-order valence-corrected chi connectivity index (χ2v) is 5.10. The molecule has 114 valence electrons. The zero-order valence-electron chi connectivity index (χ0n) is 12.1. The van der Waals surface area contributed by atoms with Gasteiger partial charge in [0, 0.05) is 19.7 Å². The van der Waals surface area contributed by atoms with Crippen LogP contribution in [0.3, 0.4) is 0 Å². The van der Waals surface area contributed by atoms with Crippen LogP contribution in [0.15, 0.2) is 24.3 Å². The fraction of sp³-hybridized carbons (Fsp3) is 0.467. The smallest absolute Gasteiger partial charge is 0.311 e. The van der Waals surface area contributed by atoms with Gasteiger partial charge in [-0.05, 0) is 17.7 Å². The van der Waals surface area contributed by atoms with Gasteiger partial charge in [0.1, 0.15) is 5.92 Å². The summed E-state index contributed by atoms with van der Waals surface area (Å²) in [5.41, 5.74) is 1.41. The van der Waals surface area contributed by atoms with E-state index in [0.29, 0.717) is 12.2 Å². The minimum Gasteiger partial charge on any atom is -0.481 e. The standard InChI is InChI=1S/C15H19NO5/c1-16(13-9-21-8-12(13)15(18)19)14(17)11-5-3-4-10(6-11)7-20-2/h3-6,12-13H,7-9H2,1-2H3,(H,18,19). The summed E-state index contributed by atoms with van der Waals surface area (Å²) in [7, 11) is 3.20. The number of carboxylic acids is 1. The first-order chi connectivity index (χ1) is 10.0. The highest BCUT2D eigenvalue weighted by molar-refractivity contribution is 5.94. The predicted octanol–water partition coefficient (Wildman–Crippen LogP) is 1.00. The lowest BCUT2D eigenvalue weighted by atomic mass is 10.0. The van der Waals surface area contributed by atoms with Crippen molar-refractivity contribution in [2.45, 2.75) is 12.6 Å². The van der Waals surface area contributed by atoms with Crippen molar-refractivity contribution in [1.82, 2.24) is 4.90 Å². The molecule has 1 N–H and O–H groups in total. The Kier molecular flexibility index (Phi) is 4.93. The van der Waals surface area contributed by atoms with E-state index in [9.17, 15) is 9.59 Å². The van der Waals surface area contributed by atoms with Gasteiger partial charge in [0.05, 0.1) is 25.9 Å². The molecule has 1 amide bonds. The summed E-state index contributed by atoms with van der Waals surface area (Å²) in [6.07, 6.45) is 0. The van der Waals surface area contributed by atoms with Crippen molar-refractivity contribution < 1.29 is 24.2 Å². The molecule has 1 fully saturated rings. The Bertz CT molecular complexity index is 531. The number of hydrogen-bond donors (Lipinski definition) is 1. The number of ether oxygens (including phenoxy) is 2. The minimum absolute atomic E-state index is 0.140. The molecule has 1 aromatic carbocycles. The predicted molar refractivity (Wildman–Crippen MR) is 75.0 cm³/mol. The second-order valence-electron chi connectivity index (χ2n) is 5.10. The van der Waals surface area contributed by atoms with E-state index in [2.05, 4.69) is 0 Å². The maximum Gasteiger partial charge on any atom is 0.311 e. The lowest BCUT2D eigenvalue weighted by Crippen LogP contribution is -2.44. The molecule has 2 atom stereocenters. The molecule has 1 aliphatic heterocycles. The van der Waals surface area contributed by atoms with Gasteiger partial charge < -0.3 is 19.5 Å². The number of amides is 1. The molecule has 21 heavy (non-hydrogen) atoms. The Morgan fingerprint density at radius 2 is 2.19 bits per heavy atom. The van der Waals surface area contributed by atoms with Crippen molar-refractivity contribution in [2.24, 2.45) is 5.92 Å². The van der Waals surface area contributed by atoms with E-state index in [1.807, 2.05) is 6.07 Å². The number of carbonyl (C=O) groups excluding carboxylic acids is 1. The number of likely N-dealkylation sites (N-methyl/N-ethyl adjacent to an activating group) is 1. The summed E-state index contributed by atoms with van der Waals surface area (Å²) < 4.78 is 10.3. The largest absolute Gasteiger partial charge is 0.481 e. The van der Waals surface area contributed by atoms with Gasteiger partial charge in [0.2, 0.25) is 0 Å². The summed E-state index contributed by atoms with van der Waals surface area (Å²) in [4.78, 5) is 25.1. The lowest BCUT2D eigenvalue weighted by molar-refractivity contribution is -0.142. The molecule has 1 aliphatic rings. The molecular weight excluding hydrogens is 274 g/mol. The highest BCUT2D eigenvalue weighted by Crippen LogP contribution is 2.21. The summed E-state index contributed by atoms with van der Waals surface area (Å²) in [6, 6.07) is 6.69. The molecule has 0 radical (unpaired) electrons.